The molecule has 1 aliphatic carbocycles. The van der Waals surface area contributed by atoms with Crippen LogP contribution in [0.2, 0.25) is 0 Å². The van der Waals surface area contributed by atoms with Gasteiger partial charge in [-0.3, -0.25) is 4.72 Å². The van der Waals surface area contributed by atoms with Crippen LogP contribution in [0, 0.1) is 13.8 Å². The van der Waals surface area contributed by atoms with Crippen molar-refractivity contribution in [3.8, 4) is 0 Å². The molecule has 21 heavy (non-hydrogen) atoms. The smallest absolute Gasteiger partial charge is 0.255 e. The Kier molecular flexibility index (Phi) is 3.75. The van der Waals surface area contributed by atoms with E-state index in [1.807, 2.05) is 26.0 Å². The number of sulfonamides is 1. The molecule has 112 valence electrons. The number of thiazole rings is 1. The predicted molar refractivity (Wildman–Crippen MR) is 85.5 cm³/mol. The highest BCUT2D eigenvalue weighted by Crippen LogP contribution is 2.31. The van der Waals surface area contributed by atoms with E-state index in [-0.39, 0.29) is 0 Å². The van der Waals surface area contributed by atoms with Crippen LogP contribution in [0.4, 0.5) is 5.13 Å². The van der Waals surface area contributed by atoms with Gasteiger partial charge < -0.3 is 0 Å². The van der Waals surface area contributed by atoms with Crippen LogP contribution in [0.1, 0.15) is 34.5 Å². The SMILES string of the molecule is Cc1ccc(S(=O)(=O)Nc2nc3c(s2)CCCC3)c(C)c1. The molecule has 0 saturated heterocycles. The van der Waals surface area contributed by atoms with E-state index in [1.165, 1.54) is 22.6 Å². The molecule has 1 aliphatic rings. The number of nitrogens with zero attached hydrogens (tertiary/aromatic N) is 1. The zero-order valence-electron chi connectivity index (χ0n) is 12.1. The molecule has 0 bridgehead atoms. The first-order chi connectivity index (χ1) is 9.95. The predicted octanol–water partition coefficient (Wildman–Crippen LogP) is 3.44. The lowest BCUT2D eigenvalue weighted by molar-refractivity contribution is 0.600. The molecule has 1 aromatic carbocycles. The summed E-state index contributed by atoms with van der Waals surface area (Å²) in [4.78, 5) is 5.98. The molecule has 0 unspecified atom stereocenters. The number of hydrogen-bond donors (Lipinski definition) is 1. The van der Waals surface area contributed by atoms with Gasteiger partial charge >= 0.3 is 0 Å². The standard InChI is InChI=1S/C15H18N2O2S2/c1-10-7-8-14(11(2)9-10)21(18,19)17-15-16-12-5-3-4-6-13(12)20-15/h7-9H,3-6H2,1-2H3,(H,16,17). The van der Waals surface area contributed by atoms with Crippen molar-refractivity contribution >= 4 is 26.5 Å². The Hall–Kier alpha value is -1.40. The molecule has 0 spiro atoms. The second-order valence-corrected chi connectivity index (χ2v) is 8.20. The fourth-order valence-corrected chi connectivity index (χ4v) is 5.18. The lowest BCUT2D eigenvalue weighted by Gasteiger charge is -2.08. The summed E-state index contributed by atoms with van der Waals surface area (Å²) < 4.78 is 27.6. The lowest BCUT2D eigenvalue weighted by Crippen LogP contribution is -2.14. The molecule has 4 nitrogen and oxygen atoms in total. The average molecular weight is 322 g/mol. The summed E-state index contributed by atoms with van der Waals surface area (Å²) in [6.07, 6.45) is 4.27. The van der Waals surface area contributed by atoms with Gasteiger partial charge in [-0.15, -0.1) is 11.3 Å². The Morgan fingerprint density at radius 2 is 1.95 bits per heavy atom. The van der Waals surface area contributed by atoms with Crippen molar-refractivity contribution in [3.05, 3.63) is 39.9 Å². The quantitative estimate of drug-likeness (QED) is 0.941. The summed E-state index contributed by atoms with van der Waals surface area (Å²) in [6, 6.07) is 5.34. The number of nitrogens with one attached hydrogen (secondary N) is 1. The van der Waals surface area contributed by atoms with Gasteiger partial charge in [-0.1, -0.05) is 17.7 Å². The lowest BCUT2D eigenvalue weighted by atomic mass is 10.0. The van der Waals surface area contributed by atoms with E-state index >= 15 is 0 Å². The Labute approximate surface area is 129 Å². The fourth-order valence-electron chi connectivity index (χ4n) is 2.67. The van der Waals surface area contributed by atoms with Crippen molar-refractivity contribution in [1.29, 1.82) is 0 Å². The molecule has 6 heteroatoms. The van der Waals surface area contributed by atoms with Crippen LogP contribution >= 0.6 is 11.3 Å². The molecule has 0 radical (unpaired) electrons. The molecule has 0 amide bonds. The minimum atomic E-state index is -3.56. The van der Waals surface area contributed by atoms with E-state index in [9.17, 15) is 8.42 Å². The number of aromatic nitrogens is 1. The van der Waals surface area contributed by atoms with Gasteiger partial charge in [0.1, 0.15) is 0 Å². The van der Waals surface area contributed by atoms with Crippen molar-refractivity contribution in [2.24, 2.45) is 0 Å². The van der Waals surface area contributed by atoms with E-state index in [2.05, 4.69) is 9.71 Å². The highest BCUT2D eigenvalue weighted by molar-refractivity contribution is 7.93. The fraction of sp³-hybridized carbons (Fsp3) is 0.400. The summed E-state index contributed by atoms with van der Waals surface area (Å²) in [5.74, 6) is 0. The van der Waals surface area contributed by atoms with Crippen molar-refractivity contribution in [3.63, 3.8) is 0 Å². The van der Waals surface area contributed by atoms with Crippen LogP contribution < -0.4 is 4.72 Å². The summed E-state index contributed by atoms with van der Waals surface area (Å²) in [5, 5.41) is 0.488. The third-order valence-corrected chi connectivity index (χ3v) is 6.39. The first-order valence-electron chi connectivity index (χ1n) is 7.04. The Bertz CT molecular complexity index is 755. The monoisotopic (exact) mass is 322 g/mol. The Balaban J connectivity index is 1.90. The van der Waals surface area contributed by atoms with Gasteiger partial charge in [0.2, 0.25) is 0 Å². The molecule has 3 rings (SSSR count). The van der Waals surface area contributed by atoms with E-state index in [0.29, 0.717) is 10.0 Å². The highest BCUT2D eigenvalue weighted by atomic mass is 32.2. The highest BCUT2D eigenvalue weighted by Gasteiger charge is 2.21. The number of hydrogen-bond acceptors (Lipinski definition) is 4. The molecule has 0 aliphatic heterocycles. The van der Waals surface area contributed by atoms with Crippen LogP contribution in [0.25, 0.3) is 0 Å². The molecule has 1 N–H and O–H groups in total. The van der Waals surface area contributed by atoms with Crippen molar-refractivity contribution in [1.82, 2.24) is 4.98 Å². The van der Waals surface area contributed by atoms with E-state index < -0.39 is 10.0 Å². The van der Waals surface area contributed by atoms with E-state index in [4.69, 9.17) is 0 Å². The van der Waals surface area contributed by atoms with Crippen LogP contribution in [0.15, 0.2) is 23.1 Å². The topological polar surface area (TPSA) is 59.1 Å². The largest absolute Gasteiger partial charge is 0.263 e. The average Bonchev–Trinajstić information content (AvgIpc) is 2.79. The second kappa shape index (κ2) is 5.42. The summed E-state index contributed by atoms with van der Waals surface area (Å²) >= 11 is 1.46. The normalized spacial score (nSPS) is 14.8. The molecular weight excluding hydrogens is 304 g/mol. The maximum Gasteiger partial charge on any atom is 0.263 e. The van der Waals surface area contributed by atoms with Crippen LogP contribution in [0.5, 0.6) is 0 Å². The molecule has 1 aromatic heterocycles. The third-order valence-electron chi connectivity index (χ3n) is 3.69. The Morgan fingerprint density at radius 3 is 2.67 bits per heavy atom. The van der Waals surface area contributed by atoms with Crippen LogP contribution in [-0.2, 0) is 22.9 Å². The molecule has 0 saturated carbocycles. The summed E-state index contributed by atoms with van der Waals surface area (Å²) in [5.41, 5.74) is 2.87. The van der Waals surface area contributed by atoms with Crippen LogP contribution in [-0.4, -0.2) is 13.4 Å². The Morgan fingerprint density at radius 1 is 1.19 bits per heavy atom. The van der Waals surface area contributed by atoms with Gasteiger partial charge in [0.05, 0.1) is 10.6 Å². The minimum absolute atomic E-state index is 0.321. The van der Waals surface area contributed by atoms with Crippen molar-refractivity contribution in [2.75, 3.05) is 4.72 Å². The molecular formula is C15H18N2O2S2. The second-order valence-electron chi connectivity index (χ2n) is 5.47. The zero-order chi connectivity index (χ0) is 15.0. The zero-order valence-corrected chi connectivity index (χ0v) is 13.8. The van der Waals surface area contributed by atoms with E-state index in [0.717, 1.165) is 36.1 Å². The van der Waals surface area contributed by atoms with E-state index in [1.54, 1.807) is 6.07 Å². The number of fused-ring (bicyclic) bond motifs is 1. The van der Waals surface area contributed by atoms with Gasteiger partial charge in [0, 0.05) is 4.88 Å². The van der Waals surface area contributed by atoms with Gasteiger partial charge in [-0.2, -0.15) is 0 Å². The first kappa shape index (κ1) is 14.5. The third kappa shape index (κ3) is 2.96. The van der Waals surface area contributed by atoms with Crippen LogP contribution in [0.3, 0.4) is 0 Å². The number of benzene rings is 1. The summed E-state index contributed by atoms with van der Waals surface area (Å²) in [6.45, 7) is 3.76. The molecule has 0 atom stereocenters. The molecule has 0 fully saturated rings. The number of anilines is 1. The summed E-state index contributed by atoms with van der Waals surface area (Å²) in [7, 11) is -3.56. The van der Waals surface area contributed by atoms with Gasteiger partial charge in [0.15, 0.2) is 5.13 Å². The first-order valence-corrected chi connectivity index (χ1v) is 9.34. The maximum atomic E-state index is 12.5. The van der Waals surface area contributed by atoms with Crippen molar-refractivity contribution in [2.45, 2.75) is 44.4 Å². The minimum Gasteiger partial charge on any atom is -0.255 e. The van der Waals surface area contributed by atoms with Gasteiger partial charge in [0.25, 0.3) is 10.0 Å². The number of rotatable bonds is 3. The molecule has 2 aromatic rings. The molecule has 1 heterocycles. The number of aryl methyl sites for hydroxylation is 4. The van der Waals surface area contributed by atoms with Gasteiger partial charge in [-0.05, 0) is 51.2 Å². The van der Waals surface area contributed by atoms with Crippen molar-refractivity contribution < 1.29 is 8.42 Å². The van der Waals surface area contributed by atoms with Gasteiger partial charge in [-0.25, -0.2) is 13.4 Å². The maximum absolute atomic E-state index is 12.5.